The highest BCUT2D eigenvalue weighted by molar-refractivity contribution is 6.04. The number of carbonyl (C=O) groups is 2. The van der Waals surface area contributed by atoms with Crippen LogP contribution in [-0.4, -0.2) is 88.3 Å². The minimum absolute atomic E-state index is 0.187. The molecular formula is C23H30N6O2. The fourth-order valence-corrected chi connectivity index (χ4v) is 5.23. The van der Waals surface area contributed by atoms with Crippen LogP contribution in [0, 0.1) is 0 Å². The van der Waals surface area contributed by atoms with Crippen molar-refractivity contribution in [3.63, 3.8) is 0 Å². The first-order valence-electron chi connectivity index (χ1n) is 11.0. The molecule has 0 N–H and O–H groups in total. The number of nitrogens with zero attached hydrogens (tertiary/aromatic N) is 6. The van der Waals surface area contributed by atoms with E-state index in [-0.39, 0.29) is 11.9 Å². The van der Waals surface area contributed by atoms with Gasteiger partial charge < -0.3 is 9.80 Å². The topological polar surface area (TPSA) is 62.7 Å². The smallest absolute Gasteiger partial charge is 0.314 e. The van der Waals surface area contributed by atoms with Crippen molar-refractivity contribution in [2.24, 2.45) is 4.99 Å². The van der Waals surface area contributed by atoms with E-state index in [1.54, 1.807) is 19.0 Å². The normalized spacial score (nSPS) is 25.9. The number of amides is 3. The summed E-state index contributed by atoms with van der Waals surface area (Å²) in [6.45, 7) is 8.10. The van der Waals surface area contributed by atoms with Gasteiger partial charge in [0.1, 0.15) is 0 Å². The van der Waals surface area contributed by atoms with E-state index in [9.17, 15) is 9.59 Å². The quantitative estimate of drug-likeness (QED) is 0.742. The van der Waals surface area contributed by atoms with Gasteiger partial charge in [0.15, 0.2) is 12.2 Å². The van der Waals surface area contributed by atoms with E-state index in [4.69, 9.17) is 4.99 Å². The largest absolute Gasteiger partial charge is 0.328 e. The maximum Gasteiger partial charge on any atom is 0.328 e. The highest BCUT2D eigenvalue weighted by Crippen LogP contribution is 2.37. The third-order valence-corrected chi connectivity index (χ3v) is 7.19. The van der Waals surface area contributed by atoms with Gasteiger partial charge in [-0.25, -0.2) is 9.79 Å². The second-order valence-corrected chi connectivity index (χ2v) is 8.92. The number of benzene rings is 1. The summed E-state index contributed by atoms with van der Waals surface area (Å²) in [6.07, 6.45) is 1.66. The molecule has 1 fully saturated rings. The van der Waals surface area contributed by atoms with Crippen LogP contribution in [0.3, 0.4) is 0 Å². The van der Waals surface area contributed by atoms with Gasteiger partial charge in [-0.3, -0.25) is 19.5 Å². The predicted molar refractivity (Wildman–Crippen MR) is 118 cm³/mol. The lowest BCUT2D eigenvalue weighted by Gasteiger charge is -2.39. The van der Waals surface area contributed by atoms with Crippen LogP contribution in [0.15, 0.2) is 40.7 Å². The van der Waals surface area contributed by atoms with Crippen LogP contribution in [-0.2, 0) is 17.8 Å². The molecule has 2 atom stereocenters. The maximum absolute atomic E-state index is 12.9. The average molecular weight is 423 g/mol. The number of hydrogen-bond donors (Lipinski definition) is 0. The Labute approximate surface area is 183 Å². The van der Waals surface area contributed by atoms with Crippen molar-refractivity contribution < 1.29 is 9.59 Å². The molecule has 0 radical (unpaired) electrons. The summed E-state index contributed by atoms with van der Waals surface area (Å²) in [6, 6.07) is 7.94. The first kappa shape index (κ1) is 20.1. The van der Waals surface area contributed by atoms with Gasteiger partial charge in [-0.1, -0.05) is 24.3 Å². The van der Waals surface area contributed by atoms with Crippen molar-refractivity contribution in [3.05, 3.63) is 46.8 Å². The zero-order chi connectivity index (χ0) is 21.9. The molecule has 1 aromatic carbocycles. The molecular weight excluding hydrogens is 392 g/mol. The van der Waals surface area contributed by atoms with E-state index < -0.39 is 12.2 Å². The molecule has 3 amide bonds. The van der Waals surface area contributed by atoms with Crippen LogP contribution >= 0.6 is 0 Å². The van der Waals surface area contributed by atoms with E-state index in [2.05, 4.69) is 41.0 Å². The molecule has 8 nitrogen and oxygen atoms in total. The molecule has 0 saturated carbocycles. The van der Waals surface area contributed by atoms with Crippen LogP contribution in [0.1, 0.15) is 31.4 Å². The van der Waals surface area contributed by atoms with Crippen LogP contribution in [0.5, 0.6) is 0 Å². The third kappa shape index (κ3) is 3.04. The van der Waals surface area contributed by atoms with Crippen molar-refractivity contribution in [1.29, 1.82) is 0 Å². The van der Waals surface area contributed by atoms with Gasteiger partial charge in [-0.05, 0) is 37.8 Å². The van der Waals surface area contributed by atoms with Crippen LogP contribution in [0.2, 0.25) is 0 Å². The first-order valence-corrected chi connectivity index (χ1v) is 11.0. The second-order valence-electron chi connectivity index (χ2n) is 8.92. The van der Waals surface area contributed by atoms with Crippen molar-refractivity contribution in [2.75, 3.05) is 33.7 Å². The third-order valence-electron chi connectivity index (χ3n) is 7.19. The van der Waals surface area contributed by atoms with Gasteiger partial charge in [0.05, 0.1) is 0 Å². The van der Waals surface area contributed by atoms with E-state index in [0.717, 1.165) is 56.4 Å². The number of guanidine groups is 1. The van der Waals surface area contributed by atoms with Gasteiger partial charge in [0.2, 0.25) is 5.96 Å². The van der Waals surface area contributed by atoms with Crippen molar-refractivity contribution in [2.45, 2.75) is 45.4 Å². The van der Waals surface area contributed by atoms with E-state index in [1.807, 2.05) is 11.8 Å². The van der Waals surface area contributed by atoms with Gasteiger partial charge >= 0.3 is 6.03 Å². The number of hydrogen-bond acceptors (Lipinski definition) is 6. The van der Waals surface area contributed by atoms with Crippen molar-refractivity contribution >= 4 is 17.9 Å². The van der Waals surface area contributed by atoms with E-state index >= 15 is 0 Å². The summed E-state index contributed by atoms with van der Waals surface area (Å²) in [5, 5.41) is 0. The SMILES string of the molecule is CC1=C(C)N2C(=NC3C2C(=O)N(C)C(=O)N3C)N1CCCN1CCc2ccccc2C1. The molecule has 164 valence electrons. The zero-order valence-corrected chi connectivity index (χ0v) is 18.7. The zero-order valence-electron chi connectivity index (χ0n) is 18.7. The molecule has 4 heterocycles. The molecule has 8 heteroatoms. The minimum Gasteiger partial charge on any atom is -0.314 e. The molecule has 4 aliphatic rings. The summed E-state index contributed by atoms with van der Waals surface area (Å²) in [5.74, 6) is 0.616. The number of rotatable bonds is 4. The minimum atomic E-state index is -0.471. The number of allylic oxidation sites excluding steroid dienone is 2. The fourth-order valence-electron chi connectivity index (χ4n) is 5.23. The van der Waals surface area contributed by atoms with Gasteiger partial charge in [0.25, 0.3) is 5.91 Å². The Kier molecular flexibility index (Phi) is 4.77. The van der Waals surface area contributed by atoms with Gasteiger partial charge in [-0.2, -0.15) is 0 Å². The van der Waals surface area contributed by atoms with Crippen LogP contribution < -0.4 is 0 Å². The molecule has 1 saturated heterocycles. The Morgan fingerprint density at radius 1 is 1.03 bits per heavy atom. The Hall–Kier alpha value is -2.87. The number of aliphatic imine (C=N–C) groups is 1. The molecule has 2 unspecified atom stereocenters. The molecule has 0 bridgehead atoms. The number of likely N-dealkylation sites (N-methyl/N-ethyl adjacent to an activating group) is 2. The Balaban J connectivity index is 1.28. The van der Waals surface area contributed by atoms with Crippen molar-refractivity contribution in [3.8, 4) is 0 Å². The Bertz CT molecular complexity index is 1000. The van der Waals surface area contributed by atoms with Crippen LogP contribution in [0.25, 0.3) is 0 Å². The van der Waals surface area contributed by atoms with Gasteiger partial charge in [-0.15, -0.1) is 0 Å². The standard InChI is InChI=1S/C23H30N6O2/c1-15-16(2)29-19-20(25(3)23(31)26(4)21(19)30)24-22(29)28(15)12-7-11-27-13-10-17-8-5-6-9-18(17)14-27/h5-6,8-9,19-20H,7,10-14H2,1-4H3. The lowest BCUT2D eigenvalue weighted by atomic mass is 10.00. The highest BCUT2D eigenvalue weighted by Gasteiger charge is 2.54. The highest BCUT2D eigenvalue weighted by atomic mass is 16.2. The predicted octanol–water partition coefficient (Wildman–Crippen LogP) is 1.89. The lowest BCUT2D eigenvalue weighted by Crippen LogP contribution is -2.63. The summed E-state index contributed by atoms with van der Waals surface area (Å²) < 4.78 is 0. The molecule has 5 rings (SSSR count). The first-order chi connectivity index (χ1) is 14.9. The summed E-state index contributed by atoms with van der Waals surface area (Å²) in [7, 11) is 3.27. The molecule has 31 heavy (non-hydrogen) atoms. The molecule has 1 aromatic rings. The van der Waals surface area contributed by atoms with E-state index in [1.165, 1.54) is 16.0 Å². The number of urea groups is 1. The van der Waals surface area contributed by atoms with Crippen LogP contribution in [0.4, 0.5) is 4.79 Å². The maximum atomic E-state index is 12.9. The molecule has 4 aliphatic heterocycles. The monoisotopic (exact) mass is 422 g/mol. The van der Waals surface area contributed by atoms with Gasteiger partial charge in [0, 0.05) is 51.7 Å². The second kappa shape index (κ2) is 7.37. The Morgan fingerprint density at radius 3 is 2.55 bits per heavy atom. The van der Waals surface area contributed by atoms with Crippen molar-refractivity contribution in [1.82, 2.24) is 24.5 Å². The fraction of sp³-hybridized carbons (Fsp3) is 0.522. The summed E-state index contributed by atoms with van der Waals surface area (Å²) in [5.41, 5.74) is 5.09. The molecule has 0 spiro atoms. The number of imide groups is 1. The number of fused-ring (bicyclic) bond motifs is 4. The average Bonchev–Trinajstić information content (AvgIpc) is 3.27. The summed E-state index contributed by atoms with van der Waals surface area (Å²) >= 11 is 0. The lowest BCUT2D eigenvalue weighted by molar-refractivity contribution is -0.135. The molecule has 0 aromatic heterocycles. The Morgan fingerprint density at radius 2 is 1.77 bits per heavy atom. The number of carbonyl (C=O) groups excluding carboxylic acids is 2. The summed E-state index contributed by atoms with van der Waals surface area (Å²) in [4.78, 5) is 39.7. The molecule has 0 aliphatic carbocycles. The van der Waals surface area contributed by atoms with E-state index in [0.29, 0.717) is 0 Å².